The van der Waals surface area contributed by atoms with E-state index in [9.17, 15) is 24.0 Å². The quantitative estimate of drug-likeness (QED) is 0.159. The molecule has 2 atom stereocenters. The maximum Gasteiger partial charge on any atom is 0.410 e. The van der Waals surface area contributed by atoms with Crippen LogP contribution in [0.2, 0.25) is 0 Å². The molecule has 69 heavy (non-hydrogen) atoms. The lowest BCUT2D eigenvalue weighted by molar-refractivity contribution is -0.148. The van der Waals surface area contributed by atoms with Crippen LogP contribution in [0.5, 0.6) is 23.0 Å². The molecule has 0 aliphatic carbocycles. The number of methoxy groups -OCH3 is 1. The Morgan fingerprint density at radius 2 is 1.28 bits per heavy atom. The number of nitrogens with zero attached hydrogens (tertiary/aromatic N) is 4. The number of esters is 1. The Balaban J connectivity index is 0.000000165. The number of rotatable bonds is 7. The van der Waals surface area contributed by atoms with Crippen LogP contribution in [0, 0.1) is 0 Å². The number of para-hydroxylation sites is 2. The maximum absolute atomic E-state index is 13.8. The Kier molecular flexibility index (Phi) is 11.0. The van der Waals surface area contributed by atoms with Crippen molar-refractivity contribution in [1.82, 2.24) is 29.6 Å². The minimum atomic E-state index is -1.06. The van der Waals surface area contributed by atoms with Crippen LogP contribution in [0.1, 0.15) is 55.5 Å². The van der Waals surface area contributed by atoms with Crippen molar-refractivity contribution in [2.75, 3.05) is 47.9 Å². The Morgan fingerprint density at radius 3 is 1.86 bits per heavy atom. The standard InChI is InChI=1S/C28H29N3O8.C22H17N3O5/c1-28(2,3)39-27(34)30(4)14-22(32)31-23(26(33)35-5)24(18-13-29-19-9-7-6-8-17(18)19)38-25(31)16-10-11-20-21(12-16)37-15-36-20;1-24-10-18(26)25-19(21(24)27)20(14-9-23-15-5-3-2-4-13(14)15)30-22(25)12-6-7-16-17(8-12)29-11-28-16/h6-13,25,29H,14-15H2,1-5H3;2-9,22-23H,10-11H2,1H3. The van der Waals surface area contributed by atoms with Crippen molar-refractivity contribution >= 4 is 63.1 Å². The number of aromatic amines is 2. The van der Waals surface area contributed by atoms with Gasteiger partial charge in [0.2, 0.25) is 37.9 Å². The zero-order valence-corrected chi connectivity index (χ0v) is 38.3. The van der Waals surface area contributed by atoms with E-state index in [0.29, 0.717) is 45.4 Å². The average molecular weight is 939 g/mol. The van der Waals surface area contributed by atoms with Gasteiger partial charge in [-0.25, -0.2) is 9.59 Å². The molecule has 2 N–H and O–H groups in total. The van der Waals surface area contributed by atoms with Gasteiger partial charge in [0.05, 0.1) is 7.11 Å². The van der Waals surface area contributed by atoms with Crippen molar-refractivity contribution in [2.24, 2.45) is 0 Å². The van der Waals surface area contributed by atoms with Gasteiger partial charge in [0.15, 0.2) is 45.9 Å². The molecule has 2 unspecified atom stereocenters. The molecule has 4 aromatic carbocycles. The predicted octanol–water partition coefficient (Wildman–Crippen LogP) is 6.76. The molecule has 5 aliphatic rings. The number of amides is 4. The summed E-state index contributed by atoms with van der Waals surface area (Å²) < 4.78 is 45.0. The highest BCUT2D eigenvalue weighted by atomic mass is 16.7. The van der Waals surface area contributed by atoms with Crippen LogP contribution in [-0.4, -0.2) is 113 Å². The number of hydrogen-bond acceptors (Lipinski definition) is 13. The minimum Gasteiger partial charge on any atom is -0.464 e. The Labute approximate surface area is 394 Å². The lowest BCUT2D eigenvalue weighted by Gasteiger charge is -2.32. The van der Waals surface area contributed by atoms with E-state index in [1.807, 2.05) is 54.6 Å². The zero-order valence-electron chi connectivity index (χ0n) is 38.3. The molecule has 4 amide bonds. The summed E-state index contributed by atoms with van der Waals surface area (Å²) in [5.41, 5.74) is 3.71. The number of carbonyl (C=O) groups excluding carboxylic acids is 5. The van der Waals surface area contributed by atoms with Gasteiger partial charge < -0.3 is 57.7 Å². The van der Waals surface area contributed by atoms with E-state index in [-0.39, 0.29) is 55.6 Å². The van der Waals surface area contributed by atoms with Gasteiger partial charge in [-0.15, -0.1) is 0 Å². The summed E-state index contributed by atoms with van der Waals surface area (Å²) in [7, 11) is 4.29. The van der Waals surface area contributed by atoms with Crippen LogP contribution in [0.25, 0.3) is 33.3 Å². The predicted molar refractivity (Wildman–Crippen MR) is 245 cm³/mol. The van der Waals surface area contributed by atoms with E-state index >= 15 is 0 Å². The normalized spacial score (nSPS) is 18.0. The van der Waals surface area contributed by atoms with Crippen molar-refractivity contribution in [3.63, 3.8) is 0 Å². The summed E-state index contributed by atoms with van der Waals surface area (Å²) in [4.78, 5) is 77.4. The molecule has 0 saturated carbocycles. The molecule has 1 saturated heterocycles. The third-order valence-electron chi connectivity index (χ3n) is 11.8. The fourth-order valence-electron chi connectivity index (χ4n) is 8.58. The minimum absolute atomic E-state index is 0.00604. The number of H-pyrrole nitrogens is 2. The first-order valence-corrected chi connectivity index (χ1v) is 21.8. The van der Waals surface area contributed by atoms with E-state index in [2.05, 4.69) is 9.97 Å². The number of nitrogens with one attached hydrogen (secondary N) is 2. The number of carbonyl (C=O) groups is 5. The van der Waals surface area contributed by atoms with Gasteiger partial charge in [-0.1, -0.05) is 36.4 Å². The molecule has 2 aromatic heterocycles. The molecule has 1 fully saturated rings. The Hall–Kier alpha value is -8.61. The van der Waals surface area contributed by atoms with Crippen LogP contribution in [0.15, 0.2) is 109 Å². The van der Waals surface area contributed by atoms with Crippen LogP contribution in [0.3, 0.4) is 0 Å². The molecule has 19 nitrogen and oxygen atoms in total. The van der Waals surface area contributed by atoms with Gasteiger partial charge in [-0.05, 0) is 69.3 Å². The van der Waals surface area contributed by atoms with Gasteiger partial charge in [-0.2, -0.15) is 0 Å². The summed E-state index contributed by atoms with van der Waals surface area (Å²) in [6, 6.07) is 25.8. The third kappa shape index (κ3) is 8.00. The topological polar surface area (TPSA) is 204 Å². The van der Waals surface area contributed by atoms with Crippen molar-refractivity contribution in [2.45, 2.75) is 38.8 Å². The number of fused-ring (bicyclic) bond motifs is 5. The number of aromatic nitrogens is 2. The van der Waals surface area contributed by atoms with Gasteiger partial charge in [0.25, 0.3) is 5.91 Å². The van der Waals surface area contributed by atoms with Crippen LogP contribution in [0.4, 0.5) is 4.79 Å². The fraction of sp³-hybridized carbons (Fsp3) is 0.260. The van der Waals surface area contributed by atoms with E-state index in [1.54, 1.807) is 70.5 Å². The van der Waals surface area contributed by atoms with Crippen molar-refractivity contribution in [1.29, 1.82) is 0 Å². The summed E-state index contributed by atoms with van der Waals surface area (Å²) in [6.45, 7) is 5.03. The summed E-state index contributed by atoms with van der Waals surface area (Å²) in [5.74, 6) is 1.01. The van der Waals surface area contributed by atoms with Crippen LogP contribution in [-0.2, 0) is 38.1 Å². The van der Waals surface area contributed by atoms with E-state index < -0.39 is 36.0 Å². The van der Waals surface area contributed by atoms with Gasteiger partial charge in [0.1, 0.15) is 18.7 Å². The molecular formula is C50H46N6O13. The molecule has 0 spiro atoms. The van der Waals surface area contributed by atoms with Crippen molar-refractivity contribution in [3.8, 4) is 23.0 Å². The van der Waals surface area contributed by atoms with E-state index in [4.69, 9.17) is 37.9 Å². The van der Waals surface area contributed by atoms with E-state index in [0.717, 1.165) is 32.3 Å². The molecule has 7 heterocycles. The second kappa shape index (κ2) is 17.2. The van der Waals surface area contributed by atoms with E-state index in [1.165, 1.54) is 28.9 Å². The Morgan fingerprint density at radius 1 is 0.739 bits per heavy atom. The molecule has 0 bridgehead atoms. The highest BCUT2D eigenvalue weighted by Crippen LogP contribution is 2.48. The second-order valence-electron chi connectivity index (χ2n) is 17.5. The maximum atomic E-state index is 13.8. The lowest BCUT2D eigenvalue weighted by atomic mass is 10.1. The highest BCUT2D eigenvalue weighted by Gasteiger charge is 2.48. The zero-order chi connectivity index (χ0) is 48.3. The summed E-state index contributed by atoms with van der Waals surface area (Å²) in [5, 5.41) is 1.71. The second-order valence-corrected chi connectivity index (χ2v) is 17.5. The molecular weight excluding hydrogens is 893 g/mol. The van der Waals surface area contributed by atoms with Crippen molar-refractivity contribution < 1.29 is 61.9 Å². The lowest BCUT2D eigenvalue weighted by Crippen LogP contribution is -2.49. The first-order valence-electron chi connectivity index (χ1n) is 21.8. The van der Waals surface area contributed by atoms with Gasteiger partial charge in [0, 0.05) is 70.5 Å². The summed E-state index contributed by atoms with van der Waals surface area (Å²) in [6.07, 6.45) is 1.01. The number of likely N-dealkylation sites (N-methyl/N-ethyl adjacent to an activating group) is 2. The highest BCUT2D eigenvalue weighted by molar-refractivity contribution is 6.10. The third-order valence-corrected chi connectivity index (χ3v) is 11.8. The molecule has 11 rings (SSSR count). The van der Waals surface area contributed by atoms with Crippen LogP contribution < -0.4 is 18.9 Å². The number of ether oxygens (including phenoxy) is 8. The first-order chi connectivity index (χ1) is 33.2. The van der Waals surface area contributed by atoms with Gasteiger partial charge in [-0.3, -0.25) is 24.2 Å². The number of hydrogen-bond donors (Lipinski definition) is 2. The Bertz CT molecular complexity index is 3160. The number of benzene rings is 4. The molecule has 5 aliphatic heterocycles. The first kappa shape index (κ1) is 44.2. The SMILES string of the molecule is CN1CC(=O)N2C(=C(c3c[nH]c4ccccc34)OC2c2ccc3c(c2)OCO3)C1=O.COC(=O)C1=C(c2c[nH]c3ccccc23)OC(c2ccc3c(c2)OCO3)N1C(=O)CN(C)C(=O)OC(C)(C)C. The molecule has 19 heteroatoms. The molecule has 354 valence electrons. The van der Waals surface area contributed by atoms with Crippen molar-refractivity contribution in [3.05, 3.63) is 131 Å². The monoisotopic (exact) mass is 938 g/mol. The fourth-order valence-corrected chi connectivity index (χ4v) is 8.58. The van der Waals surface area contributed by atoms with Crippen LogP contribution >= 0.6 is 0 Å². The largest absolute Gasteiger partial charge is 0.464 e. The molecule has 6 aromatic rings. The smallest absolute Gasteiger partial charge is 0.410 e. The molecule has 0 radical (unpaired) electrons. The summed E-state index contributed by atoms with van der Waals surface area (Å²) >= 11 is 0. The van der Waals surface area contributed by atoms with Gasteiger partial charge >= 0.3 is 12.1 Å². The average Bonchev–Trinajstić information content (AvgIpc) is 4.20. The number of piperazine rings is 1.